The van der Waals surface area contributed by atoms with Gasteiger partial charge in [-0.3, -0.25) is 4.79 Å². The summed E-state index contributed by atoms with van der Waals surface area (Å²) in [6, 6.07) is 19.1. The smallest absolute Gasteiger partial charge is 0.262 e. The predicted octanol–water partition coefficient (Wildman–Crippen LogP) is 5.02. The molecule has 3 aromatic rings. The first kappa shape index (κ1) is 17.3. The fourth-order valence-corrected chi connectivity index (χ4v) is 3.07. The van der Waals surface area contributed by atoms with Crippen LogP contribution in [0.2, 0.25) is 0 Å². The third kappa shape index (κ3) is 4.31. The van der Waals surface area contributed by atoms with E-state index in [1.165, 1.54) is 0 Å². The molecule has 25 heavy (non-hydrogen) atoms. The van der Waals surface area contributed by atoms with E-state index in [2.05, 4.69) is 21.2 Å². The van der Waals surface area contributed by atoms with Crippen LogP contribution in [0.1, 0.15) is 6.92 Å². The fraction of sp³-hybridized carbons (Fsp3) is 0.150. The highest BCUT2D eigenvalue weighted by atomic mass is 79.9. The average molecular weight is 400 g/mol. The lowest BCUT2D eigenvalue weighted by molar-refractivity contribution is -0.118. The summed E-state index contributed by atoms with van der Waals surface area (Å²) in [7, 11) is 0. The van der Waals surface area contributed by atoms with Gasteiger partial charge in [-0.2, -0.15) is 0 Å². The molecule has 0 aliphatic heterocycles. The number of anilines is 1. The highest BCUT2D eigenvalue weighted by molar-refractivity contribution is 9.10. The lowest BCUT2D eigenvalue weighted by atomic mass is 10.1. The number of benzene rings is 3. The molecule has 0 atom stereocenters. The van der Waals surface area contributed by atoms with E-state index in [9.17, 15) is 4.79 Å². The molecule has 1 amide bonds. The molecule has 3 aromatic carbocycles. The lowest BCUT2D eigenvalue weighted by Crippen LogP contribution is -2.20. The first-order chi connectivity index (χ1) is 12.2. The number of hydrogen-bond acceptors (Lipinski definition) is 3. The predicted molar refractivity (Wildman–Crippen MR) is 103 cm³/mol. The van der Waals surface area contributed by atoms with Gasteiger partial charge in [-0.15, -0.1) is 0 Å². The number of nitrogens with one attached hydrogen (secondary N) is 1. The van der Waals surface area contributed by atoms with Gasteiger partial charge in [0.2, 0.25) is 0 Å². The van der Waals surface area contributed by atoms with Crippen LogP contribution in [-0.2, 0) is 4.79 Å². The van der Waals surface area contributed by atoms with Gasteiger partial charge in [0, 0.05) is 5.69 Å². The van der Waals surface area contributed by atoms with E-state index in [1.54, 1.807) is 12.1 Å². The molecule has 1 N–H and O–H groups in total. The van der Waals surface area contributed by atoms with Crippen LogP contribution in [0.15, 0.2) is 65.1 Å². The summed E-state index contributed by atoms with van der Waals surface area (Å²) in [5, 5.41) is 4.96. The van der Waals surface area contributed by atoms with Gasteiger partial charge < -0.3 is 14.8 Å². The number of halogens is 1. The minimum absolute atomic E-state index is 0.0653. The SMILES string of the molecule is CCOc1ccc(NC(=O)COc2ccc3ccccc3c2Br)cc1. The van der Waals surface area contributed by atoms with Crippen LogP contribution in [0, 0.1) is 0 Å². The summed E-state index contributed by atoms with van der Waals surface area (Å²) in [5.41, 5.74) is 0.703. The Morgan fingerprint density at radius 3 is 2.52 bits per heavy atom. The van der Waals surface area contributed by atoms with Gasteiger partial charge >= 0.3 is 0 Å². The van der Waals surface area contributed by atoms with E-state index in [-0.39, 0.29) is 12.5 Å². The van der Waals surface area contributed by atoms with Crippen LogP contribution >= 0.6 is 15.9 Å². The van der Waals surface area contributed by atoms with E-state index >= 15 is 0 Å². The van der Waals surface area contributed by atoms with Crippen LogP contribution in [0.4, 0.5) is 5.69 Å². The zero-order valence-electron chi connectivity index (χ0n) is 13.8. The van der Waals surface area contributed by atoms with Crippen LogP contribution in [0.5, 0.6) is 11.5 Å². The molecule has 0 unspecified atom stereocenters. The Balaban J connectivity index is 1.61. The van der Waals surface area contributed by atoms with Gasteiger partial charge in [-0.25, -0.2) is 0 Å². The summed E-state index contributed by atoms with van der Waals surface area (Å²) < 4.78 is 11.9. The molecular formula is C20H18BrNO3. The molecule has 0 fully saturated rings. The standard InChI is InChI=1S/C20H18BrNO3/c1-2-24-16-10-8-15(9-11-16)22-19(23)13-25-18-12-7-14-5-3-4-6-17(14)20(18)21/h3-12H,2,13H2,1H3,(H,22,23). The summed E-state index contributed by atoms with van der Waals surface area (Å²) in [6.45, 7) is 2.47. The molecule has 0 saturated carbocycles. The zero-order valence-corrected chi connectivity index (χ0v) is 15.4. The van der Waals surface area contributed by atoms with Crippen molar-refractivity contribution in [3.63, 3.8) is 0 Å². The Labute approximate surface area is 154 Å². The number of rotatable bonds is 6. The summed E-state index contributed by atoms with van der Waals surface area (Å²) >= 11 is 3.55. The monoisotopic (exact) mass is 399 g/mol. The number of ether oxygens (including phenoxy) is 2. The van der Waals surface area contributed by atoms with Crippen molar-refractivity contribution in [2.75, 3.05) is 18.5 Å². The van der Waals surface area contributed by atoms with Crippen molar-refractivity contribution in [3.8, 4) is 11.5 Å². The van der Waals surface area contributed by atoms with E-state index in [0.29, 0.717) is 18.0 Å². The highest BCUT2D eigenvalue weighted by Gasteiger charge is 2.09. The maximum absolute atomic E-state index is 12.1. The number of fused-ring (bicyclic) bond motifs is 1. The van der Waals surface area contributed by atoms with Crippen LogP contribution < -0.4 is 14.8 Å². The van der Waals surface area contributed by atoms with Crippen molar-refractivity contribution in [2.45, 2.75) is 6.92 Å². The third-order valence-corrected chi connectivity index (χ3v) is 4.45. The zero-order chi connectivity index (χ0) is 17.6. The van der Waals surface area contributed by atoms with Crippen LogP contribution in [0.25, 0.3) is 10.8 Å². The van der Waals surface area contributed by atoms with Gasteiger partial charge in [0.15, 0.2) is 6.61 Å². The first-order valence-electron chi connectivity index (χ1n) is 8.00. The second kappa shape index (κ2) is 8.03. The molecule has 0 aromatic heterocycles. The highest BCUT2D eigenvalue weighted by Crippen LogP contribution is 2.33. The van der Waals surface area contributed by atoms with E-state index < -0.39 is 0 Å². The summed E-state index contributed by atoms with van der Waals surface area (Å²) in [4.78, 5) is 12.1. The molecule has 3 rings (SSSR count). The Kier molecular flexibility index (Phi) is 5.56. The van der Waals surface area contributed by atoms with Crippen molar-refractivity contribution in [3.05, 3.63) is 65.1 Å². The molecular weight excluding hydrogens is 382 g/mol. The maximum Gasteiger partial charge on any atom is 0.262 e. The minimum atomic E-state index is -0.218. The van der Waals surface area contributed by atoms with Gasteiger partial charge in [0.05, 0.1) is 11.1 Å². The minimum Gasteiger partial charge on any atom is -0.494 e. The second-order valence-corrected chi connectivity index (χ2v) is 6.19. The van der Waals surface area contributed by atoms with E-state index in [4.69, 9.17) is 9.47 Å². The number of carbonyl (C=O) groups excluding carboxylic acids is 1. The Morgan fingerprint density at radius 1 is 1.00 bits per heavy atom. The molecule has 0 aliphatic carbocycles. The van der Waals surface area contributed by atoms with Crippen molar-refractivity contribution >= 4 is 38.3 Å². The van der Waals surface area contributed by atoms with Crippen molar-refractivity contribution in [1.29, 1.82) is 0 Å². The van der Waals surface area contributed by atoms with Gasteiger partial charge in [-0.05, 0) is 64.0 Å². The van der Waals surface area contributed by atoms with Crippen molar-refractivity contribution in [2.24, 2.45) is 0 Å². The Morgan fingerprint density at radius 2 is 1.76 bits per heavy atom. The molecule has 0 saturated heterocycles. The van der Waals surface area contributed by atoms with Gasteiger partial charge in [-0.1, -0.05) is 30.3 Å². The quantitative estimate of drug-likeness (QED) is 0.632. The van der Waals surface area contributed by atoms with Gasteiger partial charge in [0.1, 0.15) is 11.5 Å². The Hall–Kier alpha value is -2.53. The first-order valence-corrected chi connectivity index (χ1v) is 8.79. The summed E-state index contributed by atoms with van der Waals surface area (Å²) in [5.74, 6) is 1.20. The molecule has 0 heterocycles. The molecule has 0 radical (unpaired) electrons. The van der Waals surface area contributed by atoms with Gasteiger partial charge in [0.25, 0.3) is 5.91 Å². The van der Waals surface area contributed by atoms with Crippen LogP contribution in [0.3, 0.4) is 0 Å². The topological polar surface area (TPSA) is 47.6 Å². The second-order valence-electron chi connectivity index (χ2n) is 5.39. The molecule has 0 spiro atoms. The normalized spacial score (nSPS) is 10.5. The number of amides is 1. The molecule has 0 aliphatic rings. The molecule has 5 heteroatoms. The molecule has 128 valence electrons. The van der Waals surface area contributed by atoms with E-state index in [0.717, 1.165) is 21.0 Å². The number of hydrogen-bond donors (Lipinski definition) is 1. The number of carbonyl (C=O) groups is 1. The molecule has 4 nitrogen and oxygen atoms in total. The van der Waals surface area contributed by atoms with Crippen molar-refractivity contribution < 1.29 is 14.3 Å². The van der Waals surface area contributed by atoms with Crippen LogP contribution in [-0.4, -0.2) is 19.1 Å². The van der Waals surface area contributed by atoms with E-state index in [1.807, 2.05) is 55.5 Å². The summed E-state index contributed by atoms with van der Waals surface area (Å²) in [6.07, 6.45) is 0. The fourth-order valence-electron chi connectivity index (χ4n) is 2.47. The maximum atomic E-state index is 12.1. The molecule has 0 bridgehead atoms. The third-order valence-electron chi connectivity index (χ3n) is 3.64. The Bertz CT molecular complexity index is 878. The lowest BCUT2D eigenvalue weighted by Gasteiger charge is -2.11. The van der Waals surface area contributed by atoms with Crippen molar-refractivity contribution in [1.82, 2.24) is 0 Å². The largest absolute Gasteiger partial charge is 0.494 e. The average Bonchev–Trinajstić information content (AvgIpc) is 2.63.